The third kappa shape index (κ3) is 3.18. The van der Waals surface area contributed by atoms with Crippen LogP contribution in [0.5, 0.6) is 0 Å². The molecule has 0 amide bonds. The van der Waals surface area contributed by atoms with Gasteiger partial charge in [-0.15, -0.1) is 0 Å². The SMILES string of the molecule is O=C([O-])c1ccccc1C(=O)[O-].[Fe+4].[O-2]. The van der Waals surface area contributed by atoms with Crippen molar-refractivity contribution in [2.45, 2.75) is 0 Å². The largest absolute Gasteiger partial charge is 4.00 e. The van der Waals surface area contributed by atoms with Gasteiger partial charge in [-0.25, -0.2) is 0 Å². The molecular formula is C8H4FeO5. The van der Waals surface area contributed by atoms with E-state index in [4.69, 9.17) is 0 Å². The van der Waals surface area contributed by atoms with Crippen molar-refractivity contribution in [2.75, 3.05) is 0 Å². The van der Waals surface area contributed by atoms with Crippen LogP contribution < -0.4 is 10.2 Å². The number of carboxylic acids is 2. The van der Waals surface area contributed by atoms with Crippen molar-refractivity contribution in [1.82, 2.24) is 0 Å². The van der Waals surface area contributed by atoms with Gasteiger partial charge in [0.05, 0.1) is 11.9 Å². The van der Waals surface area contributed by atoms with E-state index in [1.807, 2.05) is 0 Å². The van der Waals surface area contributed by atoms with Gasteiger partial charge in [0.2, 0.25) is 0 Å². The van der Waals surface area contributed by atoms with Gasteiger partial charge >= 0.3 is 17.1 Å². The Hall–Kier alpha value is -1.36. The summed E-state index contributed by atoms with van der Waals surface area (Å²) in [7, 11) is 0. The minimum absolute atomic E-state index is 0. The molecule has 6 heteroatoms. The summed E-state index contributed by atoms with van der Waals surface area (Å²) in [5, 5.41) is 20.6. The number of carbonyl (C=O) groups excluding carboxylic acids is 2. The first kappa shape index (κ1) is 15.1. The van der Waals surface area contributed by atoms with Gasteiger partial charge in [-0.1, -0.05) is 24.3 Å². The molecule has 0 radical (unpaired) electrons. The number of hydrogen-bond donors (Lipinski definition) is 0. The smallest absolute Gasteiger partial charge is 2.00 e. The van der Waals surface area contributed by atoms with Crippen molar-refractivity contribution >= 4 is 11.9 Å². The normalized spacial score (nSPS) is 8.00. The van der Waals surface area contributed by atoms with Crippen LogP contribution in [0, 0.1) is 0 Å². The van der Waals surface area contributed by atoms with Crippen molar-refractivity contribution < 1.29 is 42.3 Å². The fraction of sp³-hybridized carbons (Fsp3) is 0. The van der Waals surface area contributed by atoms with E-state index in [9.17, 15) is 19.8 Å². The van der Waals surface area contributed by atoms with Crippen molar-refractivity contribution in [3.05, 3.63) is 35.4 Å². The molecule has 0 aliphatic carbocycles. The number of carboxylic acid groups (broad SMARTS) is 2. The molecule has 0 saturated heterocycles. The molecule has 5 nitrogen and oxygen atoms in total. The Morgan fingerprint density at radius 3 is 1.43 bits per heavy atom. The van der Waals surface area contributed by atoms with Gasteiger partial charge in [-0.05, 0) is 0 Å². The van der Waals surface area contributed by atoms with Gasteiger partial charge in [0.25, 0.3) is 0 Å². The van der Waals surface area contributed by atoms with Gasteiger partial charge in [0.15, 0.2) is 0 Å². The average Bonchev–Trinajstić information content (AvgIpc) is 2.04. The van der Waals surface area contributed by atoms with Gasteiger partial charge in [0.1, 0.15) is 0 Å². The fourth-order valence-corrected chi connectivity index (χ4v) is 0.839. The maximum absolute atomic E-state index is 10.3. The van der Waals surface area contributed by atoms with Crippen molar-refractivity contribution in [3.8, 4) is 0 Å². The molecule has 0 unspecified atom stereocenters. The Morgan fingerprint density at radius 2 is 1.21 bits per heavy atom. The summed E-state index contributed by atoms with van der Waals surface area (Å²) in [5.74, 6) is -3.04. The van der Waals surface area contributed by atoms with Gasteiger partial charge < -0.3 is 25.3 Å². The molecule has 1 aromatic carbocycles. The van der Waals surface area contributed by atoms with Crippen LogP contribution in [-0.2, 0) is 22.5 Å². The Morgan fingerprint density at radius 1 is 0.929 bits per heavy atom. The number of benzene rings is 1. The Labute approximate surface area is 90.1 Å². The van der Waals surface area contributed by atoms with Crippen LogP contribution in [0.3, 0.4) is 0 Å². The standard InChI is InChI=1S/C8H6O4.Fe.O/c9-7(10)5-3-1-2-4-6(5)8(11)12;;/h1-4H,(H,9,10)(H,11,12);;/q;+4;-2/p-2. The maximum Gasteiger partial charge on any atom is 4.00 e. The van der Waals surface area contributed by atoms with Crippen LogP contribution in [0.1, 0.15) is 20.7 Å². The molecule has 0 aliphatic rings. The first-order valence-corrected chi connectivity index (χ1v) is 3.14. The van der Waals surface area contributed by atoms with E-state index >= 15 is 0 Å². The molecule has 0 bridgehead atoms. The Bertz CT molecular complexity index is 303. The van der Waals surface area contributed by atoms with Crippen LogP contribution >= 0.6 is 0 Å². The summed E-state index contributed by atoms with van der Waals surface area (Å²) in [5.41, 5.74) is -0.727. The Kier molecular flexibility index (Phi) is 6.64. The molecule has 0 aliphatic heterocycles. The summed E-state index contributed by atoms with van der Waals surface area (Å²) in [6.45, 7) is 0. The van der Waals surface area contributed by atoms with Crippen LogP contribution in [-0.4, -0.2) is 11.9 Å². The summed E-state index contributed by atoms with van der Waals surface area (Å²) in [6, 6.07) is 5.14. The first-order chi connectivity index (χ1) is 5.63. The number of hydrogen-bond acceptors (Lipinski definition) is 4. The quantitative estimate of drug-likeness (QED) is 0.569. The third-order valence-corrected chi connectivity index (χ3v) is 1.37. The molecule has 1 rings (SSSR count). The van der Waals surface area contributed by atoms with Gasteiger partial charge in [0, 0.05) is 11.1 Å². The first-order valence-electron chi connectivity index (χ1n) is 3.14. The minimum Gasteiger partial charge on any atom is -2.00 e. The van der Waals surface area contributed by atoms with Crippen LogP contribution in [0.4, 0.5) is 0 Å². The summed E-state index contributed by atoms with van der Waals surface area (Å²) < 4.78 is 0. The second kappa shape index (κ2) is 6.15. The van der Waals surface area contributed by atoms with Crippen molar-refractivity contribution in [1.29, 1.82) is 0 Å². The average molecular weight is 236 g/mol. The molecule has 0 fully saturated rings. The van der Waals surface area contributed by atoms with Crippen molar-refractivity contribution in [3.63, 3.8) is 0 Å². The predicted octanol–water partition coefficient (Wildman–Crippen LogP) is -1.71. The maximum atomic E-state index is 10.3. The van der Waals surface area contributed by atoms with Crippen LogP contribution in [0.15, 0.2) is 24.3 Å². The van der Waals surface area contributed by atoms with E-state index < -0.39 is 11.9 Å². The van der Waals surface area contributed by atoms with E-state index in [-0.39, 0.29) is 33.7 Å². The zero-order valence-electron chi connectivity index (χ0n) is 6.70. The van der Waals surface area contributed by atoms with Crippen LogP contribution in [0.2, 0.25) is 0 Å². The van der Waals surface area contributed by atoms with Crippen LogP contribution in [0.25, 0.3) is 0 Å². The van der Waals surface area contributed by atoms with Gasteiger partial charge in [-0.2, -0.15) is 0 Å². The molecule has 0 saturated carbocycles. The number of rotatable bonds is 2. The second-order valence-corrected chi connectivity index (χ2v) is 2.12. The molecule has 0 N–H and O–H groups in total. The summed E-state index contributed by atoms with van der Waals surface area (Å²) >= 11 is 0. The van der Waals surface area contributed by atoms with Crippen molar-refractivity contribution in [2.24, 2.45) is 0 Å². The molecule has 1 aromatic rings. The fourth-order valence-electron chi connectivity index (χ4n) is 0.839. The third-order valence-electron chi connectivity index (χ3n) is 1.37. The number of carbonyl (C=O) groups is 2. The molecule has 0 atom stereocenters. The van der Waals surface area contributed by atoms with Gasteiger partial charge in [-0.3, -0.25) is 0 Å². The predicted molar refractivity (Wildman–Crippen MR) is 35.8 cm³/mol. The summed E-state index contributed by atoms with van der Waals surface area (Å²) in [4.78, 5) is 20.6. The van der Waals surface area contributed by atoms with E-state index in [1.54, 1.807) is 0 Å². The number of aromatic carboxylic acids is 2. The topological polar surface area (TPSA) is 109 Å². The Balaban J connectivity index is 0. The molecule has 0 heterocycles. The molecule has 0 aromatic heterocycles. The van der Waals surface area contributed by atoms with E-state index in [1.165, 1.54) is 12.1 Å². The molecule has 74 valence electrons. The van der Waals surface area contributed by atoms with E-state index in [2.05, 4.69) is 0 Å². The second-order valence-electron chi connectivity index (χ2n) is 2.12. The zero-order valence-corrected chi connectivity index (χ0v) is 7.81. The van der Waals surface area contributed by atoms with E-state index in [0.717, 1.165) is 12.1 Å². The molecule has 0 spiro atoms. The monoisotopic (exact) mass is 236 g/mol. The zero-order chi connectivity index (χ0) is 9.14. The van der Waals surface area contributed by atoms with E-state index in [0.29, 0.717) is 0 Å². The summed E-state index contributed by atoms with van der Waals surface area (Å²) in [6.07, 6.45) is 0. The molecular weight excluding hydrogens is 232 g/mol. The minimum atomic E-state index is -1.52. The molecule has 14 heavy (non-hydrogen) atoms.